The zero-order valence-corrected chi connectivity index (χ0v) is 11.2. The summed E-state index contributed by atoms with van der Waals surface area (Å²) in [5.74, 6) is 0. The number of rotatable bonds is 1. The molecule has 20 heavy (non-hydrogen) atoms. The topological polar surface area (TPSA) is 62.8 Å². The molecule has 4 nitrogen and oxygen atoms in total. The molecule has 1 aliphatic heterocycles. The minimum absolute atomic E-state index is 0.282. The average Bonchev–Trinajstić information content (AvgIpc) is 3.01. The van der Waals surface area contributed by atoms with Gasteiger partial charge in [-0.05, 0) is 6.07 Å². The number of fused-ring (bicyclic) bond motifs is 3. The molecule has 2 aromatic carbocycles. The molecule has 2 heterocycles. The molecule has 0 unspecified atom stereocenters. The van der Waals surface area contributed by atoms with Gasteiger partial charge in [0.15, 0.2) is 0 Å². The van der Waals surface area contributed by atoms with Crippen LogP contribution in [0.4, 0.5) is 0 Å². The molecule has 1 aliphatic rings. The zero-order valence-electron chi connectivity index (χ0n) is 10.4. The molecule has 0 atom stereocenters. The van der Waals surface area contributed by atoms with Gasteiger partial charge in [0.1, 0.15) is 10.6 Å². The number of aromatic nitrogens is 2. The number of benzene rings is 2. The van der Waals surface area contributed by atoms with Gasteiger partial charge in [-0.25, -0.2) is 8.42 Å². The van der Waals surface area contributed by atoms with Crippen LogP contribution in [0.2, 0.25) is 0 Å². The second-order valence-electron chi connectivity index (χ2n) is 4.64. The van der Waals surface area contributed by atoms with Gasteiger partial charge in [-0.2, -0.15) is 5.10 Å². The highest BCUT2D eigenvalue weighted by atomic mass is 32.2. The number of nitrogens with one attached hydrogen (secondary N) is 1. The zero-order chi connectivity index (χ0) is 13.7. The molecule has 4 rings (SSSR count). The molecule has 5 heteroatoms. The van der Waals surface area contributed by atoms with Crippen molar-refractivity contribution < 1.29 is 8.42 Å². The van der Waals surface area contributed by atoms with Crippen LogP contribution >= 0.6 is 0 Å². The predicted octanol–water partition coefficient (Wildman–Crippen LogP) is 2.89. The fourth-order valence-electron chi connectivity index (χ4n) is 2.59. The van der Waals surface area contributed by atoms with Gasteiger partial charge >= 0.3 is 0 Å². The average molecular weight is 282 g/mol. The van der Waals surface area contributed by atoms with Crippen molar-refractivity contribution in [1.29, 1.82) is 0 Å². The maximum Gasteiger partial charge on any atom is 0.211 e. The van der Waals surface area contributed by atoms with Gasteiger partial charge in [0.2, 0.25) is 9.84 Å². The third-order valence-corrected chi connectivity index (χ3v) is 5.35. The van der Waals surface area contributed by atoms with E-state index in [0.717, 1.165) is 5.56 Å². The summed E-state index contributed by atoms with van der Waals surface area (Å²) in [6, 6.07) is 16.3. The Labute approximate surface area is 116 Å². The second-order valence-corrected chi connectivity index (χ2v) is 6.50. The van der Waals surface area contributed by atoms with Gasteiger partial charge in [-0.3, -0.25) is 5.10 Å². The first-order chi connectivity index (χ1) is 9.69. The molecule has 0 aliphatic carbocycles. The minimum atomic E-state index is -3.49. The van der Waals surface area contributed by atoms with Crippen LogP contribution in [0.1, 0.15) is 0 Å². The minimum Gasteiger partial charge on any atom is -0.276 e. The third kappa shape index (κ3) is 1.35. The fraction of sp³-hybridized carbons (Fsp3) is 0. The second kappa shape index (κ2) is 3.80. The Bertz CT molecular complexity index is 912. The van der Waals surface area contributed by atoms with E-state index in [1.165, 1.54) is 0 Å². The number of sulfone groups is 1. The first kappa shape index (κ1) is 11.4. The molecule has 3 aromatic rings. The van der Waals surface area contributed by atoms with Gasteiger partial charge < -0.3 is 0 Å². The highest BCUT2D eigenvalue weighted by Crippen LogP contribution is 2.45. The highest BCUT2D eigenvalue weighted by molar-refractivity contribution is 7.92. The van der Waals surface area contributed by atoms with Crippen molar-refractivity contribution in [3.05, 3.63) is 54.6 Å². The van der Waals surface area contributed by atoms with Crippen molar-refractivity contribution in [1.82, 2.24) is 10.2 Å². The van der Waals surface area contributed by atoms with Crippen LogP contribution in [0.3, 0.4) is 0 Å². The van der Waals surface area contributed by atoms with Crippen LogP contribution in [-0.4, -0.2) is 18.6 Å². The number of hydrogen-bond donors (Lipinski definition) is 1. The third-order valence-electron chi connectivity index (χ3n) is 3.48. The molecular formula is C15H10N2O2S. The van der Waals surface area contributed by atoms with Gasteiger partial charge in [0.05, 0.1) is 10.6 Å². The van der Waals surface area contributed by atoms with Crippen LogP contribution in [-0.2, 0) is 9.84 Å². The van der Waals surface area contributed by atoms with Crippen molar-refractivity contribution in [3.63, 3.8) is 0 Å². The molecule has 1 aromatic heterocycles. The maximum absolute atomic E-state index is 12.7. The molecule has 0 bridgehead atoms. The van der Waals surface area contributed by atoms with Gasteiger partial charge in [0, 0.05) is 11.1 Å². The van der Waals surface area contributed by atoms with Gasteiger partial charge in [-0.1, -0.05) is 48.5 Å². The number of nitrogens with zero attached hydrogens (tertiary/aromatic N) is 1. The summed E-state index contributed by atoms with van der Waals surface area (Å²) in [6.45, 7) is 0. The SMILES string of the molecule is O=S1(=O)c2ccccc2-c2[nH]nc(-c3ccccc3)c21. The highest BCUT2D eigenvalue weighted by Gasteiger charge is 2.37. The Hall–Kier alpha value is -2.40. The molecule has 98 valence electrons. The van der Waals surface area contributed by atoms with E-state index in [-0.39, 0.29) is 4.90 Å². The predicted molar refractivity (Wildman–Crippen MR) is 74.9 cm³/mol. The van der Waals surface area contributed by atoms with Gasteiger partial charge in [-0.15, -0.1) is 0 Å². The molecule has 0 saturated heterocycles. The van der Waals surface area contributed by atoms with E-state index >= 15 is 0 Å². The van der Waals surface area contributed by atoms with Crippen LogP contribution in [0.25, 0.3) is 22.5 Å². The van der Waals surface area contributed by atoms with Crippen LogP contribution in [0, 0.1) is 0 Å². The Kier molecular flexibility index (Phi) is 2.17. The lowest BCUT2D eigenvalue weighted by Gasteiger charge is -2.01. The van der Waals surface area contributed by atoms with Crippen molar-refractivity contribution in [2.24, 2.45) is 0 Å². The van der Waals surface area contributed by atoms with E-state index in [9.17, 15) is 8.42 Å². The lowest BCUT2D eigenvalue weighted by molar-refractivity contribution is 0.599. The first-order valence-corrected chi connectivity index (χ1v) is 7.66. The van der Waals surface area contributed by atoms with Crippen LogP contribution in [0.15, 0.2) is 64.4 Å². The fourth-order valence-corrected chi connectivity index (χ4v) is 4.36. The summed E-state index contributed by atoms with van der Waals surface area (Å²) in [5, 5.41) is 7.07. The standard InChI is InChI=1S/C15H10N2O2S/c18-20(19)12-9-5-4-8-11(12)14-15(20)13(16-17-14)10-6-2-1-3-7-10/h1-9H,(H,16,17). The lowest BCUT2D eigenvalue weighted by atomic mass is 10.1. The lowest BCUT2D eigenvalue weighted by Crippen LogP contribution is -1.98. The smallest absolute Gasteiger partial charge is 0.211 e. The summed E-state index contributed by atoms with van der Waals surface area (Å²) >= 11 is 0. The summed E-state index contributed by atoms with van der Waals surface area (Å²) < 4.78 is 25.3. The summed E-state index contributed by atoms with van der Waals surface area (Å²) in [6.07, 6.45) is 0. The van der Waals surface area contributed by atoms with Gasteiger partial charge in [0.25, 0.3) is 0 Å². The molecule has 0 spiro atoms. The Morgan fingerprint density at radius 2 is 1.60 bits per heavy atom. The monoisotopic (exact) mass is 282 g/mol. The van der Waals surface area contributed by atoms with E-state index in [0.29, 0.717) is 21.8 Å². The molecule has 1 N–H and O–H groups in total. The normalized spacial score (nSPS) is 14.8. The molecule has 0 fully saturated rings. The van der Waals surface area contributed by atoms with E-state index < -0.39 is 9.84 Å². The quantitative estimate of drug-likeness (QED) is 0.584. The Morgan fingerprint density at radius 1 is 0.900 bits per heavy atom. The Morgan fingerprint density at radius 3 is 2.40 bits per heavy atom. The van der Waals surface area contributed by atoms with E-state index in [1.807, 2.05) is 36.4 Å². The van der Waals surface area contributed by atoms with E-state index in [2.05, 4.69) is 10.2 Å². The molecular weight excluding hydrogens is 272 g/mol. The number of H-pyrrole nitrogens is 1. The van der Waals surface area contributed by atoms with Crippen molar-refractivity contribution in [3.8, 4) is 22.5 Å². The van der Waals surface area contributed by atoms with Crippen LogP contribution in [0.5, 0.6) is 0 Å². The largest absolute Gasteiger partial charge is 0.276 e. The van der Waals surface area contributed by atoms with Crippen molar-refractivity contribution in [2.75, 3.05) is 0 Å². The van der Waals surface area contributed by atoms with Crippen LogP contribution < -0.4 is 0 Å². The number of hydrogen-bond acceptors (Lipinski definition) is 3. The molecule has 0 saturated carbocycles. The Balaban J connectivity index is 2.07. The summed E-state index contributed by atoms with van der Waals surface area (Å²) in [4.78, 5) is 0.630. The van der Waals surface area contributed by atoms with E-state index in [4.69, 9.17) is 0 Å². The van der Waals surface area contributed by atoms with Crippen molar-refractivity contribution >= 4 is 9.84 Å². The maximum atomic E-state index is 12.7. The van der Waals surface area contributed by atoms with Crippen molar-refractivity contribution in [2.45, 2.75) is 9.79 Å². The molecule has 0 radical (unpaired) electrons. The summed E-state index contributed by atoms with van der Waals surface area (Å²) in [5.41, 5.74) is 2.55. The van der Waals surface area contributed by atoms with E-state index in [1.54, 1.807) is 18.2 Å². The molecule has 0 amide bonds. The number of aromatic amines is 1. The first-order valence-electron chi connectivity index (χ1n) is 6.18. The summed E-state index contributed by atoms with van der Waals surface area (Å²) in [7, 11) is -3.49.